The van der Waals surface area contributed by atoms with Crippen LogP contribution in [0.3, 0.4) is 0 Å². The zero-order chi connectivity index (χ0) is 27.0. The van der Waals surface area contributed by atoms with Crippen molar-refractivity contribution in [2.75, 3.05) is 0 Å². The summed E-state index contributed by atoms with van der Waals surface area (Å²) in [5.41, 5.74) is 6.30. The molecule has 14 rings (SSSR count). The number of aryl methyl sites for hydroxylation is 4. The van der Waals surface area contributed by atoms with Crippen molar-refractivity contribution in [3.8, 4) is 0 Å². The van der Waals surface area contributed by atoms with Crippen LogP contribution in [0.5, 0.6) is 0 Å². The Kier molecular flexibility index (Phi) is 1.76. The van der Waals surface area contributed by atoms with Crippen LogP contribution in [0, 0.1) is 27.7 Å². The van der Waals surface area contributed by atoms with Crippen LogP contribution in [0.2, 0.25) is 36.1 Å². The first-order chi connectivity index (χ1) is 19.8. The van der Waals surface area contributed by atoms with E-state index >= 15 is 0 Å². The van der Waals surface area contributed by atoms with Crippen molar-refractivity contribution in [2.45, 2.75) is 71.3 Å². The van der Waals surface area contributed by atoms with Crippen molar-refractivity contribution in [3.05, 3.63) is 119 Å². The summed E-state index contributed by atoms with van der Waals surface area (Å²) < 4.78 is 11.7. The van der Waals surface area contributed by atoms with E-state index in [4.69, 9.17) is 0 Å². The normalized spacial score (nSPS) is 58.2. The molecule has 0 amide bonds. The van der Waals surface area contributed by atoms with E-state index < -0.39 is 7.72 Å². The predicted octanol–water partition coefficient (Wildman–Crippen LogP) is 8.69. The Balaban J connectivity index is 1.18. The molecule has 0 aromatic heterocycles. The first kappa shape index (κ1) is 21.1. The van der Waals surface area contributed by atoms with E-state index in [9.17, 15) is 0 Å². The van der Waals surface area contributed by atoms with E-state index in [0.717, 1.165) is 7.50 Å². The van der Waals surface area contributed by atoms with Crippen LogP contribution in [0.25, 0.3) is 0 Å². The Labute approximate surface area is 234 Å². The molecule has 4 atom stereocenters. The molecule has 4 unspecified atom stereocenters. The molecule has 0 nitrogen and oxygen atoms in total. The predicted molar refractivity (Wildman–Crippen MR) is 173 cm³/mol. The maximum absolute atomic E-state index is 4.29. The summed E-state index contributed by atoms with van der Waals surface area (Å²) in [5.74, 6) is 0. The summed E-state index contributed by atoms with van der Waals surface area (Å²) in [6, 6.07) is 39.0. The van der Waals surface area contributed by atoms with E-state index in [1.165, 1.54) is 36.1 Å². The van der Waals surface area contributed by atoms with Gasteiger partial charge in [0.25, 0.3) is 0 Å². The molecule has 10 aliphatic rings. The van der Waals surface area contributed by atoms with Gasteiger partial charge in [0.15, 0.2) is 0 Å². The Hall–Kier alpha value is -1.64. The molecule has 10 fully saturated rings. The van der Waals surface area contributed by atoms with E-state index in [1.54, 1.807) is 43.5 Å². The molecule has 0 bridgehead atoms. The Morgan fingerprint density at radius 3 is 0.902 bits per heavy atom. The van der Waals surface area contributed by atoms with Crippen LogP contribution in [-0.2, 0) is 7.72 Å². The molecule has 3 heteroatoms. The Morgan fingerprint density at radius 2 is 0.683 bits per heavy atom. The average molecular weight is 656 g/mol. The Morgan fingerprint density at radius 1 is 0.415 bits per heavy atom. The van der Waals surface area contributed by atoms with Crippen molar-refractivity contribution in [1.29, 1.82) is 0 Å². The minimum absolute atomic E-state index is 0.367. The fourth-order valence-electron chi connectivity index (χ4n) is 21.8. The van der Waals surface area contributed by atoms with Crippen LogP contribution in [0.15, 0.2) is 97.1 Å². The summed E-state index contributed by atoms with van der Waals surface area (Å²) >= 11 is 0. The van der Waals surface area contributed by atoms with Gasteiger partial charge in [-0.05, 0) is 0 Å². The monoisotopic (exact) mass is 656 g/mol. The third-order valence-electron chi connectivity index (χ3n) is 20.8. The van der Waals surface area contributed by atoms with Gasteiger partial charge in [-0.15, -0.1) is 0 Å². The molecule has 10 aliphatic heterocycles. The molecule has 206 valence electrons. The second-order valence-corrected chi connectivity index (χ2v) is 60.0. The number of hydrogen-bond donors (Lipinski definition) is 0. The molecule has 0 saturated carbocycles. The second-order valence-electron chi connectivity index (χ2n) is 17.5. The molecule has 4 aromatic carbocycles. The van der Waals surface area contributed by atoms with Crippen LogP contribution >= 0.6 is 15.8 Å². The van der Waals surface area contributed by atoms with E-state index in [0.29, 0.717) is 0 Å². The number of rotatable bonds is 6. The second kappa shape index (κ2) is 3.41. The Bertz CT molecular complexity index is 2140. The van der Waals surface area contributed by atoms with Crippen LogP contribution < -0.4 is 21.2 Å². The molecule has 10 saturated heterocycles. The molecular weight excluding hydrogens is 619 g/mol. The molecule has 1 spiro atoms. The fraction of sp³-hybridized carbons (Fsp3) is 0.368. The zero-order valence-corrected chi connectivity index (χ0v) is 27.6. The minimum atomic E-state index is -4.29. The molecule has 4 aromatic rings. The first-order valence-electron chi connectivity index (χ1n) is 15.8. The van der Waals surface area contributed by atoms with Gasteiger partial charge in [-0.3, -0.25) is 0 Å². The van der Waals surface area contributed by atoms with Crippen LogP contribution in [0.4, 0.5) is 0 Å². The maximum atomic E-state index is 2.61. The van der Waals surface area contributed by atoms with Gasteiger partial charge in [-0.25, -0.2) is 0 Å². The van der Waals surface area contributed by atoms with Crippen molar-refractivity contribution in [2.24, 2.45) is 0 Å². The van der Waals surface area contributed by atoms with Gasteiger partial charge >= 0.3 is 235 Å². The summed E-state index contributed by atoms with van der Waals surface area (Å²) in [4.78, 5) is 0. The first-order valence-corrected chi connectivity index (χ1v) is 28.2. The van der Waals surface area contributed by atoms with Gasteiger partial charge in [-0.1, -0.05) is 0 Å². The van der Waals surface area contributed by atoms with E-state index in [-0.39, 0.29) is 15.8 Å². The molecular formula is C38H36P2Ru. The average Bonchev–Trinajstić information content (AvgIpc) is 3.93. The number of benzene rings is 4. The molecule has 0 aliphatic carbocycles. The summed E-state index contributed by atoms with van der Waals surface area (Å²) in [6.45, 7) is 9.81. The van der Waals surface area contributed by atoms with Crippen LogP contribution in [-0.4, -0.2) is 7.50 Å². The van der Waals surface area contributed by atoms with Gasteiger partial charge in [0.2, 0.25) is 0 Å². The van der Waals surface area contributed by atoms with E-state index in [2.05, 4.69) is 125 Å². The van der Waals surface area contributed by atoms with Gasteiger partial charge in [-0.2, -0.15) is 0 Å². The third-order valence-corrected chi connectivity index (χ3v) is 107. The standard InChI is InChI=1S/C33H31P2.C5H5.Ru/c1-24-14-5-9-18-28(24)34(29-19-10-6-15-25(29)2)32-22-13-23-33(32)35(30-20-11-7-16-26(30)3)31-21-12-8-17-27(31)4;1-2-4-5-3-1;/h5-23H,1-4H3;1-5H;. The van der Waals surface area contributed by atoms with Gasteiger partial charge in [0.05, 0.1) is 0 Å². The molecule has 0 N–H and O–H groups in total. The molecule has 10 heterocycles. The van der Waals surface area contributed by atoms with Crippen molar-refractivity contribution in [3.63, 3.8) is 0 Å². The van der Waals surface area contributed by atoms with Gasteiger partial charge in [0, 0.05) is 0 Å². The fourth-order valence-corrected chi connectivity index (χ4v) is 197. The van der Waals surface area contributed by atoms with Gasteiger partial charge < -0.3 is 0 Å². The van der Waals surface area contributed by atoms with Gasteiger partial charge in [0.1, 0.15) is 0 Å². The van der Waals surface area contributed by atoms with E-state index in [1.807, 2.05) is 0 Å². The molecule has 41 heavy (non-hydrogen) atoms. The van der Waals surface area contributed by atoms with Crippen molar-refractivity contribution >= 4 is 37.1 Å². The van der Waals surface area contributed by atoms with Crippen molar-refractivity contribution in [1.82, 2.24) is 0 Å². The van der Waals surface area contributed by atoms with Crippen molar-refractivity contribution < 1.29 is 7.72 Å². The zero-order valence-electron chi connectivity index (χ0n) is 24.1. The number of fused-ring (bicyclic) bond motifs is 10. The molecule has 0 radical (unpaired) electrons. The summed E-state index contributed by atoms with van der Waals surface area (Å²) in [5, 5.41) is 7.11. The summed E-state index contributed by atoms with van der Waals surface area (Å²) in [7, 11) is -5.02. The summed E-state index contributed by atoms with van der Waals surface area (Å²) in [6.07, 6.45) is 0. The quantitative estimate of drug-likeness (QED) is 0.144. The van der Waals surface area contributed by atoms with Crippen LogP contribution in [0.1, 0.15) is 22.3 Å². The third kappa shape index (κ3) is 0.574. The topological polar surface area (TPSA) is 0 Å². The SMILES string of the molecule is Cc1ccccc1P(c1ccccc1C)[C]12[CH]3[CH]4[CH]5[C]1(P(c1ccccc1C)c1ccccc1C)[Ru]43521678[CH]2[CH]1[CH]6[CH]7[CH]28. The number of hydrogen-bond acceptors (Lipinski definition) is 0.